The third-order valence-corrected chi connectivity index (χ3v) is 3.40. The van der Waals surface area contributed by atoms with Crippen molar-refractivity contribution in [3.05, 3.63) is 77.8 Å². The predicted octanol–water partition coefficient (Wildman–Crippen LogP) is 3.45. The maximum atomic E-state index is 13.2. The first-order valence-corrected chi connectivity index (χ1v) is 7.27. The van der Waals surface area contributed by atoms with E-state index in [0.29, 0.717) is 17.8 Å². The summed E-state index contributed by atoms with van der Waals surface area (Å²) in [5.74, 6) is -0.590. The Morgan fingerprint density at radius 1 is 1.09 bits per heavy atom. The van der Waals surface area contributed by atoms with E-state index in [4.69, 9.17) is 4.52 Å². The fourth-order valence-electron chi connectivity index (χ4n) is 2.22. The number of benzene rings is 2. The van der Waals surface area contributed by atoms with Crippen molar-refractivity contribution in [1.29, 1.82) is 0 Å². The highest BCUT2D eigenvalue weighted by Gasteiger charge is 2.13. The summed E-state index contributed by atoms with van der Waals surface area (Å²) in [6, 6.07) is 17.4. The molecule has 0 unspecified atom stereocenters. The number of rotatable bonds is 5. The summed E-state index contributed by atoms with van der Waals surface area (Å²) < 4.78 is 18.2. The average molecular weight is 310 g/mol. The molecule has 1 N–H and O–H groups in total. The third kappa shape index (κ3) is 3.83. The molecule has 0 aliphatic heterocycles. The molecule has 116 valence electrons. The van der Waals surface area contributed by atoms with E-state index in [1.54, 1.807) is 12.1 Å². The summed E-state index contributed by atoms with van der Waals surface area (Å²) in [4.78, 5) is 12.0. The van der Waals surface area contributed by atoms with E-state index < -0.39 is 0 Å². The fraction of sp³-hybridized carbons (Fsp3) is 0.111. The highest BCUT2D eigenvalue weighted by atomic mass is 19.1. The molecule has 5 heteroatoms. The first kappa shape index (κ1) is 15.0. The number of nitrogens with one attached hydrogen (secondary N) is 1. The van der Waals surface area contributed by atoms with Gasteiger partial charge in [-0.25, -0.2) is 4.39 Å². The quantitative estimate of drug-likeness (QED) is 0.785. The molecule has 1 aromatic heterocycles. The van der Waals surface area contributed by atoms with Gasteiger partial charge in [0.1, 0.15) is 11.5 Å². The van der Waals surface area contributed by atoms with Crippen molar-refractivity contribution in [2.24, 2.45) is 0 Å². The van der Waals surface area contributed by atoms with Gasteiger partial charge in [0.15, 0.2) is 0 Å². The van der Waals surface area contributed by atoms with Crippen LogP contribution in [0.15, 0.2) is 65.2 Å². The van der Waals surface area contributed by atoms with Crippen molar-refractivity contribution in [2.75, 3.05) is 6.54 Å². The van der Waals surface area contributed by atoms with E-state index in [1.807, 2.05) is 30.3 Å². The zero-order valence-corrected chi connectivity index (χ0v) is 12.3. The zero-order valence-electron chi connectivity index (χ0n) is 12.3. The highest BCUT2D eigenvalue weighted by molar-refractivity contribution is 5.92. The summed E-state index contributed by atoms with van der Waals surface area (Å²) in [7, 11) is 0. The molecular weight excluding hydrogens is 295 g/mol. The molecule has 0 aliphatic rings. The smallest absolute Gasteiger partial charge is 0.289 e. The summed E-state index contributed by atoms with van der Waals surface area (Å²) in [6.45, 7) is 0.499. The van der Waals surface area contributed by atoms with Crippen molar-refractivity contribution in [3.8, 4) is 11.3 Å². The molecule has 3 rings (SSSR count). The molecule has 0 bridgehead atoms. The monoisotopic (exact) mass is 310 g/mol. The molecular formula is C18H15FN2O2. The number of carbonyl (C=O) groups is 1. The molecule has 23 heavy (non-hydrogen) atoms. The van der Waals surface area contributed by atoms with Crippen molar-refractivity contribution >= 4 is 5.91 Å². The Labute approximate surface area is 132 Å². The molecule has 0 saturated heterocycles. The van der Waals surface area contributed by atoms with E-state index in [9.17, 15) is 9.18 Å². The van der Waals surface area contributed by atoms with Crippen LogP contribution in [0.4, 0.5) is 4.39 Å². The van der Waals surface area contributed by atoms with Gasteiger partial charge in [-0.1, -0.05) is 47.6 Å². The molecule has 0 radical (unpaired) electrons. The Morgan fingerprint density at radius 2 is 1.91 bits per heavy atom. The standard InChI is InChI=1S/C18H15FN2O2/c19-15-8-4-7-14(11-15)16-12-17(23-21-16)18(22)20-10-9-13-5-2-1-3-6-13/h1-8,11-12H,9-10H2,(H,20,22). The summed E-state index contributed by atoms with van der Waals surface area (Å²) in [5, 5.41) is 6.59. The van der Waals surface area contributed by atoms with Crippen LogP contribution in [0.2, 0.25) is 0 Å². The van der Waals surface area contributed by atoms with Crippen LogP contribution in [0.25, 0.3) is 11.3 Å². The summed E-state index contributed by atoms with van der Waals surface area (Å²) in [6.07, 6.45) is 0.734. The van der Waals surface area contributed by atoms with Crippen LogP contribution in [-0.2, 0) is 6.42 Å². The van der Waals surface area contributed by atoms with E-state index in [2.05, 4.69) is 10.5 Å². The number of nitrogens with zero attached hydrogens (tertiary/aromatic N) is 1. The number of halogens is 1. The molecule has 0 atom stereocenters. The van der Waals surface area contributed by atoms with E-state index in [1.165, 1.54) is 18.2 Å². The number of carbonyl (C=O) groups excluding carboxylic acids is 1. The molecule has 3 aromatic rings. The van der Waals surface area contributed by atoms with Crippen molar-refractivity contribution in [2.45, 2.75) is 6.42 Å². The van der Waals surface area contributed by atoms with Gasteiger partial charge in [0.05, 0.1) is 0 Å². The second-order valence-corrected chi connectivity index (χ2v) is 5.08. The Kier molecular flexibility index (Phi) is 4.47. The maximum absolute atomic E-state index is 13.2. The highest BCUT2D eigenvalue weighted by Crippen LogP contribution is 2.19. The van der Waals surface area contributed by atoms with Crippen LogP contribution >= 0.6 is 0 Å². The molecule has 1 amide bonds. The minimum Gasteiger partial charge on any atom is -0.350 e. The van der Waals surface area contributed by atoms with Crippen molar-refractivity contribution in [3.63, 3.8) is 0 Å². The first-order valence-electron chi connectivity index (χ1n) is 7.27. The summed E-state index contributed by atoms with van der Waals surface area (Å²) in [5.41, 5.74) is 2.14. The SMILES string of the molecule is O=C(NCCc1ccccc1)c1cc(-c2cccc(F)c2)no1. The summed E-state index contributed by atoms with van der Waals surface area (Å²) >= 11 is 0. The first-order chi connectivity index (χ1) is 11.2. The lowest BCUT2D eigenvalue weighted by molar-refractivity contribution is 0.0917. The van der Waals surface area contributed by atoms with Crippen LogP contribution < -0.4 is 5.32 Å². The van der Waals surface area contributed by atoms with Crippen LogP contribution in [0.1, 0.15) is 16.1 Å². The number of hydrogen-bond donors (Lipinski definition) is 1. The maximum Gasteiger partial charge on any atom is 0.289 e. The van der Waals surface area contributed by atoms with Gasteiger partial charge in [-0.15, -0.1) is 0 Å². The van der Waals surface area contributed by atoms with Crippen LogP contribution in [0.3, 0.4) is 0 Å². The average Bonchev–Trinajstić information content (AvgIpc) is 3.06. The van der Waals surface area contributed by atoms with Gasteiger partial charge < -0.3 is 9.84 Å². The largest absolute Gasteiger partial charge is 0.350 e. The van der Waals surface area contributed by atoms with Gasteiger partial charge in [-0.2, -0.15) is 0 Å². The van der Waals surface area contributed by atoms with Gasteiger partial charge in [0.2, 0.25) is 5.76 Å². The zero-order chi connectivity index (χ0) is 16.1. The van der Waals surface area contributed by atoms with Crippen LogP contribution in [0.5, 0.6) is 0 Å². The lowest BCUT2D eigenvalue weighted by atomic mass is 10.1. The van der Waals surface area contributed by atoms with Gasteiger partial charge in [0.25, 0.3) is 5.91 Å². The third-order valence-electron chi connectivity index (χ3n) is 3.40. The Balaban J connectivity index is 1.60. The Hall–Kier alpha value is -2.95. The van der Waals surface area contributed by atoms with E-state index in [0.717, 1.165) is 12.0 Å². The second kappa shape index (κ2) is 6.87. The normalized spacial score (nSPS) is 10.5. The number of aromatic nitrogens is 1. The van der Waals surface area contributed by atoms with E-state index in [-0.39, 0.29) is 17.5 Å². The minimum atomic E-state index is -0.362. The fourth-order valence-corrected chi connectivity index (χ4v) is 2.22. The molecule has 4 nitrogen and oxygen atoms in total. The Morgan fingerprint density at radius 3 is 2.70 bits per heavy atom. The minimum absolute atomic E-state index is 0.109. The molecule has 1 heterocycles. The number of hydrogen-bond acceptors (Lipinski definition) is 3. The number of amides is 1. The van der Waals surface area contributed by atoms with Gasteiger partial charge in [-0.05, 0) is 24.1 Å². The Bertz CT molecular complexity index is 800. The molecule has 2 aromatic carbocycles. The second-order valence-electron chi connectivity index (χ2n) is 5.08. The lowest BCUT2D eigenvalue weighted by Gasteiger charge is -2.02. The topological polar surface area (TPSA) is 55.1 Å². The van der Waals surface area contributed by atoms with E-state index >= 15 is 0 Å². The van der Waals surface area contributed by atoms with Gasteiger partial charge >= 0.3 is 0 Å². The van der Waals surface area contributed by atoms with Crippen LogP contribution in [0, 0.1) is 5.82 Å². The molecule has 0 aliphatic carbocycles. The molecule has 0 spiro atoms. The van der Waals surface area contributed by atoms with Gasteiger partial charge in [0, 0.05) is 18.2 Å². The molecule has 0 saturated carbocycles. The predicted molar refractivity (Wildman–Crippen MR) is 84.4 cm³/mol. The van der Waals surface area contributed by atoms with Crippen molar-refractivity contribution < 1.29 is 13.7 Å². The van der Waals surface area contributed by atoms with Crippen LogP contribution in [-0.4, -0.2) is 17.6 Å². The molecule has 0 fully saturated rings. The lowest BCUT2D eigenvalue weighted by Crippen LogP contribution is -2.25. The van der Waals surface area contributed by atoms with Gasteiger partial charge in [-0.3, -0.25) is 4.79 Å². The van der Waals surface area contributed by atoms with Crippen molar-refractivity contribution in [1.82, 2.24) is 10.5 Å².